The van der Waals surface area contributed by atoms with Crippen LogP contribution in [0, 0.1) is 11.3 Å². The van der Waals surface area contributed by atoms with Gasteiger partial charge in [-0.15, -0.1) is 0 Å². The Bertz CT molecular complexity index is 258. The van der Waals surface area contributed by atoms with Gasteiger partial charge in [0.1, 0.15) is 0 Å². The molecule has 0 aromatic carbocycles. The normalized spacial score (nSPS) is 22.7. The van der Waals surface area contributed by atoms with Crippen LogP contribution in [0.15, 0.2) is 0 Å². The van der Waals surface area contributed by atoms with E-state index in [-0.39, 0.29) is 0 Å². The number of nitrogens with two attached hydrogens (primary N) is 1. The molecule has 0 aromatic rings. The summed E-state index contributed by atoms with van der Waals surface area (Å²) in [4.78, 5) is 3.30. The molecule has 1 fully saturated rings. The maximum Gasteiger partial charge on any atom is 0.0727 e. The summed E-state index contributed by atoms with van der Waals surface area (Å²) >= 11 is 4.91. The second-order valence-corrected chi connectivity index (χ2v) is 7.28. The number of nitrogens with zero attached hydrogens (tertiary/aromatic N) is 1. The van der Waals surface area contributed by atoms with Gasteiger partial charge in [0.15, 0.2) is 0 Å². The summed E-state index contributed by atoms with van der Waals surface area (Å²) in [5.74, 6) is 0.888. The Kier molecular flexibility index (Phi) is 6.58. The quantitative estimate of drug-likeness (QED) is 0.611. The highest BCUT2D eigenvalue weighted by Gasteiger charge is 2.26. The molecule has 3 heteroatoms. The lowest BCUT2D eigenvalue weighted by atomic mass is 9.77. The van der Waals surface area contributed by atoms with Crippen molar-refractivity contribution in [3.63, 3.8) is 0 Å². The summed E-state index contributed by atoms with van der Waals surface area (Å²) in [6.45, 7) is 10.9. The molecule has 1 heterocycles. The topological polar surface area (TPSA) is 29.3 Å². The summed E-state index contributed by atoms with van der Waals surface area (Å²) in [5.41, 5.74) is 5.99. The molecule has 1 rings (SSSR count). The Morgan fingerprint density at radius 3 is 2.56 bits per heavy atom. The van der Waals surface area contributed by atoms with Gasteiger partial charge in [0, 0.05) is 0 Å². The molecule has 106 valence electrons. The molecule has 1 aliphatic rings. The molecule has 1 aliphatic heterocycles. The van der Waals surface area contributed by atoms with Crippen LogP contribution in [-0.4, -0.2) is 29.5 Å². The fourth-order valence-corrected chi connectivity index (χ4v) is 3.02. The molecule has 1 saturated heterocycles. The summed E-state index contributed by atoms with van der Waals surface area (Å²) in [7, 11) is 0. The second kappa shape index (κ2) is 7.44. The van der Waals surface area contributed by atoms with E-state index in [1.807, 2.05) is 0 Å². The van der Waals surface area contributed by atoms with Crippen molar-refractivity contribution in [1.82, 2.24) is 4.90 Å². The summed E-state index contributed by atoms with van der Waals surface area (Å²) in [6.07, 6.45) is 7.41. The summed E-state index contributed by atoms with van der Waals surface area (Å²) in [6, 6.07) is 0. The van der Waals surface area contributed by atoms with E-state index < -0.39 is 0 Å². The van der Waals surface area contributed by atoms with Gasteiger partial charge < -0.3 is 10.6 Å². The van der Waals surface area contributed by atoms with Crippen molar-refractivity contribution in [2.75, 3.05) is 19.6 Å². The molecule has 0 spiro atoms. The second-order valence-electron chi connectivity index (χ2n) is 6.76. The minimum Gasteiger partial charge on any atom is -0.393 e. The van der Waals surface area contributed by atoms with Gasteiger partial charge in [0.05, 0.1) is 4.99 Å². The van der Waals surface area contributed by atoms with E-state index in [0.717, 1.165) is 18.8 Å². The van der Waals surface area contributed by atoms with Crippen LogP contribution in [0.4, 0.5) is 0 Å². The lowest BCUT2D eigenvalue weighted by molar-refractivity contribution is 0.207. The van der Waals surface area contributed by atoms with E-state index >= 15 is 0 Å². The third kappa shape index (κ3) is 6.14. The van der Waals surface area contributed by atoms with Gasteiger partial charge in [-0.25, -0.2) is 0 Å². The lowest BCUT2D eigenvalue weighted by Gasteiger charge is -2.29. The van der Waals surface area contributed by atoms with Crippen molar-refractivity contribution in [3.05, 3.63) is 0 Å². The first-order valence-electron chi connectivity index (χ1n) is 7.40. The van der Waals surface area contributed by atoms with Crippen molar-refractivity contribution in [3.8, 4) is 0 Å². The standard InChI is InChI=1S/C15H30N2S/c1-15(2,3)13-7-6-11-17(12-9-13)10-5-4-8-14(16)18/h13H,4-12H2,1-3H3,(H2,16,18). The van der Waals surface area contributed by atoms with E-state index in [1.165, 1.54) is 45.3 Å². The Balaban J connectivity index is 2.23. The predicted molar refractivity (Wildman–Crippen MR) is 83.9 cm³/mol. The summed E-state index contributed by atoms with van der Waals surface area (Å²) < 4.78 is 0. The smallest absolute Gasteiger partial charge is 0.0727 e. The number of hydrogen-bond acceptors (Lipinski definition) is 2. The maximum atomic E-state index is 5.52. The zero-order valence-electron chi connectivity index (χ0n) is 12.4. The highest BCUT2D eigenvalue weighted by molar-refractivity contribution is 7.80. The van der Waals surface area contributed by atoms with E-state index in [1.54, 1.807) is 0 Å². The van der Waals surface area contributed by atoms with Gasteiger partial charge in [0.25, 0.3) is 0 Å². The number of hydrogen-bond donors (Lipinski definition) is 1. The first kappa shape index (κ1) is 15.9. The highest BCUT2D eigenvalue weighted by Crippen LogP contribution is 2.34. The van der Waals surface area contributed by atoms with Gasteiger partial charge in [-0.2, -0.15) is 0 Å². The van der Waals surface area contributed by atoms with Gasteiger partial charge >= 0.3 is 0 Å². The van der Waals surface area contributed by atoms with Gasteiger partial charge in [-0.3, -0.25) is 0 Å². The Morgan fingerprint density at radius 1 is 1.22 bits per heavy atom. The Hall–Kier alpha value is -0.150. The number of unbranched alkanes of at least 4 members (excludes halogenated alkanes) is 1. The third-order valence-corrected chi connectivity index (χ3v) is 4.40. The zero-order chi connectivity index (χ0) is 13.6. The zero-order valence-corrected chi connectivity index (χ0v) is 13.2. The van der Waals surface area contributed by atoms with Crippen LogP contribution in [0.5, 0.6) is 0 Å². The van der Waals surface area contributed by atoms with E-state index in [9.17, 15) is 0 Å². The minimum atomic E-state index is 0.474. The van der Waals surface area contributed by atoms with Crippen LogP contribution in [0.2, 0.25) is 0 Å². The van der Waals surface area contributed by atoms with Crippen LogP contribution in [0.25, 0.3) is 0 Å². The van der Waals surface area contributed by atoms with Crippen molar-refractivity contribution in [2.24, 2.45) is 17.1 Å². The van der Waals surface area contributed by atoms with Crippen molar-refractivity contribution in [1.29, 1.82) is 0 Å². The molecule has 2 nitrogen and oxygen atoms in total. The minimum absolute atomic E-state index is 0.474. The molecule has 0 aromatic heterocycles. The fourth-order valence-electron chi connectivity index (χ4n) is 2.88. The van der Waals surface area contributed by atoms with Gasteiger partial charge in [-0.05, 0) is 69.5 Å². The highest BCUT2D eigenvalue weighted by atomic mass is 32.1. The molecule has 1 atom stereocenters. The van der Waals surface area contributed by atoms with Gasteiger partial charge in [-0.1, -0.05) is 33.0 Å². The molecular weight excluding hydrogens is 240 g/mol. The average molecular weight is 270 g/mol. The third-order valence-electron chi connectivity index (χ3n) is 4.19. The fraction of sp³-hybridized carbons (Fsp3) is 0.933. The molecule has 0 bridgehead atoms. The van der Waals surface area contributed by atoms with Crippen LogP contribution < -0.4 is 5.73 Å². The van der Waals surface area contributed by atoms with Crippen molar-refractivity contribution >= 4 is 17.2 Å². The molecule has 18 heavy (non-hydrogen) atoms. The van der Waals surface area contributed by atoms with Crippen molar-refractivity contribution < 1.29 is 0 Å². The predicted octanol–water partition coefficient (Wildman–Crippen LogP) is 3.59. The molecule has 0 amide bonds. The van der Waals surface area contributed by atoms with Gasteiger partial charge in [0.2, 0.25) is 0 Å². The molecule has 1 unspecified atom stereocenters. The lowest BCUT2D eigenvalue weighted by Crippen LogP contribution is -2.27. The van der Waals surface area contributed by atoms with Crippen molar-refractivity contribution in [2.45, 2.75) is 59.3 Å². The van der Waals surface area contributed by atoms with Crippen LogP contribution >= 0.6 is 12.2 Å². The van der Waals surface area contributed by atoms with E-state index in [4.69, 9.17) is 18.0 Å². The molecule has 2 N–H and O–H groups in total. The molecule has 0 saturated carbocycles. The van der Waals surface area contributed by atoms with E-state index in [0.29, 0.717) is 10.4 Å². The largest absolute Gasteiger partial charge is 0.393 e. The molecule has 0 radical (unpaired) electrons. The van der Waals surface area contributed by atoms with Crippen LogP contribution in [-0.2, 0) is 0 Å². The average Bonchev–Trinajstić information content (AvgIpc) is 2.48. The van der Waals surface area contributed by atoms with E-state index in [2.05, 4.69) is 25.7 Å². The van der Waals surface area contributed by atoms with Crippen LogP contribution in [0.1, 0.15) is 59.3 Å². The first-order chi connectivity index (χ1) is 8.39. The summed E-state index contributed by atoms with van der Waals surface area (Å²) in [5, 5.41) is 0. The Labute approximate surface area is 118 Å². The first-order valence-corrected chi connectivity index (χ1v) is 7.81. The monoisotopic (exact) mass is 270 g/mol. The number of rotatable bonds is 5. The number of thiocarbonyl (C=S) groups is 1. The maximum absolute atomic E-state index is 5.52. The Morgan fingerprint density at radius 2 is 1.94 bits per heavy atom. The SMILES string of the molecule is CC(C)(C)C1CCCN(CCCCC(N)=S)CC1. The number of likely N-dealkylation sites (tertiary alicyclic amines) is 1. The van der Waals surface area contributed by atoms with Crippen LogP contribution in [0.3, 0.4) is 0 Å². The molecule has 0 aliphatic carbocycles. The molecular formula is C15H30N2S.